The summed E-state index contributed by atoms with van der Waals surface area (Å²) in [4.78, 5) is 11.3. The fraction of sp³-hybridized carbons (Fsp3) is 0.929. The Balaban J connectivity index is 3.74. The number of esters is 1. The lowest BCUT2D eigenvalue weighted by Crippen LogP contribution is -2.41. The average molecular weight is 275 g/mol. The summed E-state index contributed by atoms with van der Waals surface area (Å²) in [6.45, 7) is 10.7. The lowest BCUT2D eigenvalue weighted by atomic mass is 10.1. The van der Waals surface area contributed by atoms with Crippen LogP contribution in [0, 0.1) is 5.92 Å². The molecule has 114 valence electrons. The Hall–Kier alpha value is -0.650. The Kier molecular flexibility index (Phi) is 9.83. The van der Waals surface area contributed by atoms with Crippen LogP contribution >= 0.6 is 0 Å². The van der Waals surface area contributed by atoms with E-state index in [-0.39, 0.29) is 18.7 Å². The first-order chi connectivity index (χ1) is 8.86. The average Bonchev–Trinajstić information content (AvgIpc) is 2.32. The number of carbonyl (C=O) groups excluding carboxylic acids is 1. The first kappa shape index (κ1) is 18.4. The van der Waals surface area contributed by atoms with Gasteiger partial charge in [0, 0.05) is 6.54 Å². The van der Waals surface area contributed by atoms with Gasteiger partial charge < -0.3 is 19.9 Å². The number of nitrogens with one attached hydrogen (secondary N) is 1. The summed E-state index contributed by atoms with van der Waals surface area (Å²) in [6, 6.07) is -0.414. The van der Waals surface area contributed by atoms with E-state index in [2.05, 4.69) is 19.2 Å². The van der Waals surface area contributed by atoms with Gasteiger partial charge in [-0.25, -0.2) is 0 Å². The molecule has 0 bridgehead atoms. The van der Waals surface area contributed by atoms with E-state index in [9.17, 15) is 9.90 Å². The number of aliphatic hydroxyl groups is 1. The van der Waals surface area contributed by atoms with Gasteiger partial charge in [-0.15, -0.1) is 0 Å². The Morgan fingerprint density at radius 1 is 1.26 bits per heavy atom. The second-order valence-electron chi connectivity index (χ2n) is 5.31. The predicted molar refractivity (Wildman–Crippen MR) is 75.0 cm³/mol. The minimum atomic E-state index is -0.619. The standard InChI is InChI=1S/C14H29NO4/c1-6-18-14(17)12(5)15-8-13(16)9-19-11(4)7-10(2)3/h10-13,15-16H,6-9H2,1-5H3. The molecule has 0 aliphatic carbocycles. The Morgan fingerprint density at radius 3 is 2.42 bits per heavy atom. The molecule has 2 N–H and O–H groups in total. The van der Waals surface area contributed by atoms with Gasteiger partial charge in [0.15, 0.2) is 0 Å². The van der Waals surface area contributed by atoms with Crippen LogP contribution in [-0.4, -0.2) is 49.1 Å². The third-order valence-corrected chi connectivity index (χ3v) is 2.68. The molecule has 0 fully saturated rings. The smallest absolute Gasteiger partial charge is 0.322 e. The lowest BCUT2D eigenvalue weighted by Gasteiger charge is -2.19. The summed E-state index contributed by atoms with van der Waals surface area (Å²) in [6.07, 6.45) is 0.489. The van der Waals surface area contributed by atoms with Crippen LogP contribution in [0.3, 0.4) is 0 Å². The van der Waals surface area contributed by atoms with Crippen LogP contribution in [0.15, 0.2) is 0 Å². The minimum Gasteiger partial charge on any atom is -0.465 e. The van der Waals surface area contributed by atoms with Crippen molar-refractivity contribution in [3.05, 3.63) is 0 Å². The fourth-order valence-corrected chi connectivity index (χ4v) is 1.73. The van der Waals surface area contributed by atoms with Crippen LogP contribution in [0.25, 0.3) is 0 Å². The van der Waals surface area contributed by atoms with Gasteiger partial charge >= 0.3 is 5.97 Å². The van der Waals surface area contributed by atoms with Crippen LogP contribution < -0.4 is 5.32 Å². The van der Waals surface area contributed by atoms with Crippen molar-refractivity contribution in [3.63, 3.8) is 0 Å². The molecule has 0 aromatic heterocycles. The first-order valence-corrected chi connectivity index (χ1v) is 7.06. The number of hydrogen-bond acceptors (Lipinski definition) is 5. The van der Waals surface area contributed by atoms with Crippen molar-refractivity contribution in [3.8, 4) is 0 Å². The van der Waals surface area contributed by atoms with Gasteiger partial charge in [-0.3, -0.25) is 4.79 Å². The van der Waals surface area contributed by atoms with Crippen molar-refractivity contribution >= 4 is 5.97 Å². The largest absolute Gasteiger partial charge is 0.465 e. The number of hydrogen-bond donors (Lipinski definition) is 2. The molecule has 5 nitrogen and oxygen atoms in total. The van der Waals surface area contributed by atoms with Gasteiger partial charge in [-0.05, 0) is 33.1 Å². The highest BCUT2D eigenvalue weighted by molar-refractivity contribution is 5.75. The van der Waals surface area contributed by atoms with E-state index in [0.29, 0.717) is 19.1 Å². The topological polar surface area (TPSA) is 67.8 Å². The van der Waals surface area contributed by atoms with E-state index < -0.39 is 12.1 Å². The Bertz CT molecular complexity index is 246. The zero-order chi connectivity index (χ0) is 14.8. The van der Waals surface area contributed by atoms with Gasteiger partial charge in [0.05, 0.1) is 25.4 Å². The number of rotatable bonds is 10. The molecule has 0 aliphatic rings. The van der Waals surface area contributed by atoms with Crippen molar-refractivity contribution in [2.45, 2.75) is 59.3 Å². The molecule has 0 aromatic carbocycles. The molecule has 0 aliphatic heterocycles. The van der Waals surface area contributed by atoms with Gasteiger partial charge in [-0.1, -0.05) is 13.8 Å². The number of aliphatic hydroxyl groups excluding tert-OH is 1. The minimum absolute atomic E-state index is 0.136. The quantitative estimate of drug-likeness (QED) is 0.589. The summed E-state index contributed by atoms with van der Waals surface area (Å²) in [5.74, 6) is 0.276. The molecule has 0 saturated heterocycles. The molecule has 19 heavy (non-hydrogen) atoms. The fourth-order valence-electron chi connectivity index (χ4n) is 1.73. The van der Waals surface area contributed by atoms with E-state index in [1.807, 2.05) is 6.92 Å². The van der Waals surface area contributed by atoms with Crippen LogP contribution in [0.1, 0.15) is 41.0 Å². The van der Waals surface area contributed by atoms with Crippen molar-refractivity contribution in [2.75, 3.05) is 19.8 Å². The molecular weight excluding hydrogens is 246 g/mol. The van der Waals surface area contributed by atoms with E-state index in [1.165, 1.54) is 0 Å². The predicted octanol–water partition coefficient (Wildman–Crippen LogP) is 1.34. The van der Waals surface area contributed by atoms with E-state index in [1.54, 1.807) is 13.8 Å². The summed E-state index contributed by atoms with van der Waals surface area (Å²) in [5.41, 5.74) is 0. The van der Waals surface area contributed by atoms with Gasteiger partial charge in [-0.2, -0.15) is 0 Å². The molecule has 0 spiro atoms. The number of carbonyl (C=O) groups is 1. The molecule has 0 radical (unpaired) electrons. The van der Waals surface area contributed by atoms with Crippen molar-refractivity contribution in [1.29, 1.82) is 0 Å². The summed E-state index contributed by atoms with van der Waals surface area (Å²) < 4.78 is 10.4. The first-order valence-electron chi connectivity index (χ1n) is 7.06. The molecular formula is C14H29NO4. The molecule has 0 rings (SSSR count). The van der Waals surface area contributed by atoms with Crippen LogP contribution in [0.2, 0.25) is 0 Å². The molecule has 0 heterocycles. The van der Waals surface area contributed by atoms with Crippen LogP contribution in [0.5, 0.6) is 0 Å². The highest BCUT2D eigenvalue weighted by Crippen LogP contribution is 2.07. The third-order valence-electron chi connectivity index (χ3n) is 2.68. The summed E-state index contributed by atoms with van der Waals surface area (Å²) >= 11 is 0. The maximum atomic E-state index is 11.3. The zero-order valence-electron chi connectivity index (χ0n) is 12.8. The highest BCUT2D eigenvalue weighted by atomic mass is 16.5. The second-order valence-corrected chi connectivity index (χ2v) is 5.31. The van der Waals surface area contributed by atoms with E-state index >= 15 is 0 Å². The van der Waals surface area contributed by atoms with E-state index in [4.69, 9.17) is 9.47 Å². The van der Waals surface area contributed by atoms with Crippen LogP contribution in [0.4, 0.5) is 0 Å². The summed E-state index contributed by atoms with van der Waals surface area (Å²) in [7, 11) is 0. The Labute approximate surface area is 116 Å². The maximum absolute atomic E-state index is 11.3. The van der Waals surface area contributed by atoms with Crippen molar-refractivity contribution < 1.29 is 19.4 Å². The van der Waals surface area contributed by atoms with Crippen LogP contribution in [-0.2, 0) is 14.3 Å². The Morgan fingerprint density at radius 2 is 1.89 bits per heavy atom. The maximum Gasteiger partial charge on any atom is 0.322 e. The van der Waals surface area contributed by atoms with Gasteiger partial charge in [0.2, 0.25) is 0 Å². The highest BCUT2D eigenvalue weighted by Gasteiger charge is 2.15. The van der Waals surface area contributed by atoms with Crippen molar-refractivity contribution in [2.24, 2.45) is 5.92 Å². The second kappa shape index (κ2) is 10.2. The van der Waals surface area contributed by atoms with Gasteiger partial charge in [0.25, 0.3) is 0 Å². The van der Waals surface area contributed by atoms with Gasteiger partial charge in [0.1, 0.15) is 6.04 Å². The lowest BCUT2D eigenvalue weighted by molar-refractivity contribution is -0.145. The monoisotopic (exact) mass is 275 g/mol. The SMILES string of the molecule is CCOC(=O)C(C)NCC(O)COC(C)CC(C)C. The molecule has 3 atom stereocenters. The van der Waals surface area contributed by atoms with Crippen molar-refractivity contribution in [1.82, 2.24) is 5.32 Å². The summed E-state index contributed by atoms with van der Waals surface area (Å²) in [5, 5.41) is 12.7. The molecule has 0 amide bonds. The molecule has 5 heteroatoms. The van der Waals surface area contributed by atoms with E-state index in [0.717, 1.165) is 6.42 Å². The zero-order valence-corrected chi connectivity index (χ0v) is 12.8. The normalized spacial score (nSPS) is 16.2. The third kappa shape index (κ3) is 9.87. The molecule has 3 unspecified atom stereocenters. The number of ether oxygens (including phenoxy) is 2. The molecule has 0 aromatic rings. The molecule has 0 saturated carbocycles.